The van der Waals surface area contributed by atoms with Gasteiger partial charge in [-0.3, -0.25) is 0 Å². The summed E-state index contributed by atoms with van der Waals surface area (Å²) in [5.74, 6) is 0.853. The molecule has 1 radical (unpaired) electrons. The van der Waals surface area contributed by atoms with E-state index in [1.54, 1.807) is 7.11 Å². The summed E-state index contributed by atoms with van der Waals surface area (Å²) in [7, 11) is 1.66. The van der Waals surface area contributed by atoms with E-state index < -0.39 is 0 Å². The Morgan fingerprint density at radius 2 is 2.07 bits per heavy atom. The van der Waals surface area contributed by atoms with Gasteiger partial charge in [-0.15, -0.1) is 18.0 Å². The molecule has 0 aliphatic carbocycles. The zero-order valence-corrected chi connectivity index (χ0v) is 11.7. The molecule has 14 heavy (non-hydrogen) atoms. The van der Waals surface area contributed by atoms with Gasteiger partial charge in [-0.25, -0.2) is 0 Å². The van der Waals surface area contributed by atoms with Crippen molar-refractivity contribution in [3.63, 3.8) is 0 Å². The number of methoxy groups -OCH3 is 1. The van der Waals surface area contributed by atoms with Crippen LogP contribution in [0, 0.1) is 41.3 Å². The molecule has 0 N–H and O–H groups in total. The smallest absolute Gasteiger partial charge is 0.119 e. The Morgan fingerprint density at radius 3 is 2.79 bits per heavy atom. The van der Waals surface area contributed by atoms with Gasteiger partial charge in [-0.1, -0.05) is 18.2 Å². The van der Waals surface area contributed by atoms with E-state index in [0.717, 1.165) is 22.7 Å². The number of allylic oxidation sites excluding steroid dienone is 1. The van der Waals surface area contributed by atoms with Crippen molar-refractivity contribution in [1.82, 2.24) is 0 Å². The first-order chi connectivity index (χ1) is 6.29. The molecular formula is C11H10NOPr-. The van der Waals surface area contributed by atoms with E-state index in [-0.39, 0.29) is 41.3 Å². The molecule has 0 unspecified atom stereocenters. The number of nitrogens with zero attached hydrogens (tertiary/aromatic N) is 1. The first-order valence-electron chi connectivity index (χ1n) is 4.06. The Kier molecular flexibility index (Phi) is 4.15. The molecule has 1 aliphatic heterocycles. The van der Waals surface area contributed by atoms with E-state index in [1.165, 1.54) is 0 Å². The van der Waals surface area contributed by atoms with Crippen LogP contribution in [0.1, 0.15) is 5.56 Å². The summed E-state index contributed by atoms with van der Waals surface area (Å²) in [5.41, 5.74) is 2.82. The van der Waals surface area contributed by atoms with E-state index in [9.17, 15) is 0 Å². The van der Waals surface area contributed by atoms with Crippen molar-refractivity contribution < 1.29 is 46.0 Å². The summed E-state index contributed by atoms with van der Waals surface area (Å²) in [4.78, 5) is 0. The average Bonchev–Trinajstić information content (AvgIpc) is 2.17. The molecule has 1 aliphatic rings. The fourth-order valence-corrected chi connectivity index (χ4v) is 1.27. The molecule has 3 heteroatoms. The van der Waals surface area contributed by atoms with Crippen LogP contribution in [0.4, 0.5) is 5.69 Å². The molecule has 2 rings (SSSR count). The summed E-state index contributed by atoms with van der Waals surface area (Å²) in [5, 5.41) is 4.28. The van der Waals surface area contributed by atoms with Gasteiger partial charge in [0.25, 0.3) is 0 Å². The van der Waals surface area contributed by atoms with E-state index in [0.29, 0.717) is 0 Å². The summed E-state index contributed by atoms with van der Waals surface area (Å²) < 4.78 is 5.11. The van der Waals surface area contributed by atoms with Gasteiger partial charge in [-0.2, -0.15) is 0 Å². The van der Waals surface area contributed by atoms with Gasteiger partial charge >= 0.3 is 0 Å². The minimum absolute atomic E-state index is 0. The maximum atomic E-state index is 5.11. The second kappa shape index (κ2) is 4.95. The maximum absolute atomic E-state index is 5.11. The van der Waals surface area contributed by atoms with E-state index in [1.807, 2.05) is 30.4 Å². The molecule has 69 valence electrons. The minimum Gasteiger partial charge on any atom is -0.658 e. The van der Waals surface area contributed by atoms with E-state index >= 15 is 0 Å². The topological polar surface area (TPSA) is 23.3 Å². The largest absolute Gasteiger partial charge is 0.658 e. The van der Waals surface area contributed by atoms with Crippen molar-refractivity contribution in [3.05, 3.63) is 47.4 Å². The first-order valence-corrected chi connectivity index (χ1v) is 4.06. The van der Waals surface area contributed by atoms with Crippen LogP contribution in [0.25, 0.3) is 11.4 Å². The Bertz CT molecular complexity index is 385. The van der Waals surface area contributed by atoms with Crippen molar-refractivity contribution in [1.29, 1.82) is 0 Å². The Hall–Kier alpha value is -0.336. The third-order valence-electron chi connectivity index (χ3n) is 1.95. The maximum Gasteiger partial charge on any atom is 0.119 e. The zero-order chi connectivity index (χ0) is 9.26. The molecule has 0 saturated heterocycles. The molecule has 0 amide bonds. The molecule has 1 aromatic carbocycles. The van der Waals surface area contributed by atoms with Gasteiger partial charge < -0.3 is 10.1 Å². The Labute approximate surface area is 117 Å². The van der Waals surface area contributed by atoms with Gasteiger partial charge in [0, 0.05) is 41.3 Å². The van der Waals surface area contributed by atoms with Gasteiger partial charge in [0.2, 0.25) is 0 Å². The van der Waals surface area contributed by atoms with E-state index in [2.05, 4.69) is 11.9 Å². The third kappa shape index (κ3) is 2.37. The van der Waals surface area contributed by atoms with Crippen molar-refractivity contribution in [2.45, 2.75) is 0 Å². The van der Waals surface area contributed by atoms with Gasteiger partial charge in [-0.05, 0) is 17.7 Å². The SMILES string of the molecule is C=C1C=Cc2cc(OC)ccc2[N-]1.[Pr]. The van der Waals surface area contributed by atoms with Crippen LogP contribution in [0.15, 0.2) is 36.6 Å². The molecule has 1 aromatic rings. The standard InChI is InChI=1S/C11H10NO.Pr/c1-8-3-4-9-7-10(13-2)5-6-11(9)12-8;/h3-7H,1H2,2H3;/q-1;. The van der Waals surface area contributed by atoms with Crippen LogP contribution in [-0.4, -0.2) is 7.11 Å². The summed E-state index contributed by atoms with van der Waals surface area (Å²) in [6.07, 6.45) is 3.88. The van der Waals surface area contributed by atoms with Crippen molar-refractivity contribution in [2.24, 2.45) is 0 Å². The molecule has 1 heterocycles. The van der Waals surface area contributed by atoms with Crippen LogP contribution >= 0.6 is 0 Å². The van der Waals surface area contributed by atoms with Crippen LogP contribution < -0.4 is 4.74 Å². The van der Waals surface area contributed by atoms with Gasteiger partial charge in [0.1, 0.15) is 5.75 Å². The molecule has 0 spiro atoms. The summed E-state index contributed by atoms with van der Waals surface area (Å²) in [6, 6.07) is 5.79. The molecule has 0 fully saturated rings. The Morgan fingerprint density at radius 1 is 1.29 bits per heavy atom. The first kappa shape index (κ1) is 11.7. The molecular weight excluding hydrogens is 303 g/mol. The van der Waals surface area contributed by atoms with E-state index in [4.69, 9.17) is 4.74 Å². The fourth-order valence-electron chi connectivity index (χ4n) is 1.27. The summed E-state index contributed by atoms with van der Waals surface area (Å²) in [6.45, 7) is 3.77. The van der Waals surface area contributed by atoms with Crippen LogP contribution in [0.5, 0.6) is 5.75 Å². The van der Waals surface area contributed by atoms with Gasteiger partial charge in [0.05, 0.1) is 7.11 Å². The molecule has 0 aromatic heterocycles. The normalized spacial score (nSPS) is 12.5. The van der Waals surface area contributed by atoms with Crippen molar-refractivity contribution >= 4 is 11.8 Å². The third-order valence-corrected chi connectivity index (χ3v) is 1.95. The molecule has 0 bridgehead atoms. The Balaban J connectivity index is 0.000000980. The second-order valence-corrected chi connectivity index (χ2v) is 2.86. The number of rotatable bonds is 1. The predicted molar refractivity (Wildman–Crippen MR) is 54.2 cm³/mol. The summed E-state index contributed by atoms with van der Waals surface area (Å²) >= 11 is 0. The monoisotopic (exact) mass is 313 g/mol. The number of ether oxygens (including phenoxy) is 1. The molecule has 2 nitrogen and oxygen atoms in total. The zero-order valence-electron chi connectivity index (χ0n) is 8.03. The average molecular weight is 313 g/mol. The number of hydrogen-bond acceptors (Lipinski definition) is 1. The molecule has 0 saturated carbocycles. The van der Waals surface area contributed by atoms with Crippen LogP contribution in [-0.2, 0) is 0 Å². The van der Waals surface area contributed by atoms with Crippen molar-refractivity contribution in [2.75, 3.05) is 7.11 Å². The number of benzene rings is 1. The molecule has 0 atom stereocenters. The predicted octanol–water partition coefficient (Wildman–Crippen LogP) is 3.24. The van der Waals surface area contributed by atoms with Crippen LogP contribution in [0.2, 0.25) is 0 Å². The quantitative estimate of drug-likeness (QED) is 0.781. The minimum atomic E-state index is 0. The number of hydrogen-bond donors (Lipinski definition) is 0. The van der Waals surface area contributed by atoms with Crippen molar-refractivity contribution in [3.8, 4) is 5.75 Å². The fraction of sp³-hybridized carbons (Fsp3) is 0.0909. The van der Waals surface area contributed by atoms with Gasteiger partial charge in [0.15, 0.2) is 0 Å². The number of fused-ring (bicyclic) bond motifs is 1. The second-order valence-electron chi connectivity index (χ2n) is 2.86. The van der Waals surface area contributed by atoms with Crippen LogP contribution in [0.3, 0.4) is 0 Å².